The number of anilines is 1. The monoisotopic (exact) mass is 272 g/mol. The number of ether oxygens (including phenoxy) is 1. The molecule has 0 atom stereocenters. The lowest BCUT2D eigenvalue weighted by atomic mass is 9.98. The smallest absolute Gasteiger partial charge is 0.318 e. The minimum Gasteiger partial charge on any atom is -0.467 e. The van der Waals surface area contributed by atoms with Crippen LogP contribution in [-0.4, -0.2) is 43.8 Å². The molecule has 102 valence electrons. The van der Waals surface area contributed by atoms with Crippen LogP contribution in [0.15, 0.2) is 12.3 Å². The van der Waals surface area contributed by atoms with Gasteiger partial charge in [0.15, 0.2) is 0 Å². The van der Waals surface area contributed by atoms with Gasteiger partial charge in [0, 0.05) is 19.8 Å². The van der Waals surface area contributed by atoms with Crippen LogP contribution in [0.5, 0.6) is 6.01 Å². The zero-order valence-electron chi connectivity index (χ0n) is 10.9. The van der Waals surface area contributed by atoms with Gasteiger partial charge in [-0.05, 0) is 37.9 Å². The minimum absolute atomic E-state index is 0. The molecule has 5 nitrogen and oxygen atoms in total. The topological polar surface area (TPSA) is 50.3 Å². The van der Waals surface area contributed by atoms with E-state index in [2.05, 4.69) is 27.2 Å². The molecule has 0 aliphatic carbocycles. The van der Waals surface area contributed by atoms with E-state index in [4.69, 9.17) is 4.74 Å². The Bertz CT molecular complexity index is 358. The van der Waals surface area contributed by atoms with Crippen molar-refractivity contribution in [2.75, 3.05) is 38.7 Å². The van der Waals surface area contributed by atoms with Crippen LogP contribution >= 0.6 is 12.4 Å². The number of methoxy groups -OCH3 is 1. The Labute approximate surface area is 114 Å². The van der Waals surface area contributed by atoms with Gasteiger partial charge < -0.3 is 15.0 Å². The molecule has 0 radical (unpaired) electrons. The van der Waals surface area contributed by atoms with Gasteiger partial charge in [-0.3, -0.25) is 0 Å². The normalized spacial score (nSPS) is 15.9. The van der Waals surface area contributed by atoms with E-state index in [1.807, 2.05) is 6.07 Å². The molecule has 1 aliphatic rings. The molecule has 18 heavy (non-hydrogen) atoms. The van der Waals surface area contributed by atoms with Crippen LogP contribution in [0.2, 0.25) is 0 Å². The molecule has 0 spiro atoms. The molecule has 0 unspecified atom stereocenters. The lowest BCUT2D eigenvalue weighted by molar-refractivity contribution is 0.371. The molecule has 0 aromatic carbocycles. The van der Waals surface area contributed by atoms with Gasteiger partial charge in [-0.25, -0.2) is 4.98 Å². The number of hydrogen-bond acceptors (Lipinski definition) is 5. The summed E-state index contributed by atoms with van der Waals surface area (Å²) in [6.45, 7) is 3.30. The van der Waals surface area contributed by atoms with Crippen molar-refractivity contribution in [2.24, 2.45) is 5.92 Å². The van der Waals surface area contributed by atoms with Crippen LogP contribution in [-0.2, 0) is 0 Å². The zero-order chi connectivity index (χ0) is 12.1. The third-order valence-electron chi connectivity index (χ3n) is 3.18. The van der Waals surface area contributed by atoms with Gasteiger partial charge in [0.05, 0.1) is 7.11 Å². The molecule has 1 N–H and O–H groups in total. The number of rotatable bonds is 4. The van der Waals surface area contributed by atoms with Crippen LogP contribution in [0.3, 0.4) is 0 Å². The van der Waals surface area contributed by atoms with E-state index in [0.717, 1.165) is 31.4 Å². The van der Waals surface area contributed by atoms with E-state index in [9.17, 15) is 0 Å². The third-order valence-corrected chi connectivity index (χ3v) is 3.18. The molecule has 1 aliphatic heterocycles. The molecular weight excluding hydrogens is 252 g/mol. The van der Waals surface area contributed by atoms with E-state index < -0.39 is 0 Å². The quantitative estimate of drug-likeness (QED) is 0.897. The second-order valence-electron chi connectivity index (χ2n) is 4.48. The largest absolute Gasteiger partial charge is 0.467 e. The summed E-state index contributed by atoms with van der Waals surface area (Å²) in [5, 5.41) is 3.38. The third kappa shape index (κ3) is 3.99. The van der Waals surface area contributed by atoms with Gasteiger partial charge in [0.2, 0.25) is 0 Å². The zero-order valence-corrected chi connectivity index (χ0v) is 11.7. The lowest BCUT2D eigenvalue weighted by Gasteiger charge is -2.28. The maximum absolute atomic E-state index is 5.04. The van der Waals surface area contributed by atoms with Crippen molar-refractivity contribution >= 4 is 18.2 Å². The molecule has 2 heterocycles. The van der Waals surface area contributed by atoms with Crippen LogP contribution < -0.4 is 15.0 Å². The summed E-state index contributed by atoms with van der Waals surface area (Å²) in [5.41, 5.74) is 0. The second-order valence-corrected chi connectivity index (χ2v) is 4.48. The summed E-state index contributed by atoms with van der Waals surface area (Å²) in [5.74, 6) is 1.68. The van der Waals surface area contributed by atoms with Gasteiger partial charge in [-0.1, -0.05) is 0 Å². The number of hydrogen-bond donors (Lipinski definition) is 1. The first-order valence-corrected chi connectivity index (χ1v) is 6.08. The number of nitrogens with zero attached hydrogens (tertiary/aromatic N) is 3. The molecule has 1 aromatic rings. The van der Waals surface area contributed by atoms with Crippen molar-refractivity contribution in [3.05, 3.63) is 12.3 Å². The van der Waals surface area contributed by atoms with Crippen molar-refractivity contribution in [1.82, 2.24) is 15.3 Å². The minimum atomic E-state index is 0. The number of halogens is 1. The van der Waals surface area contributed by atoms with Gasteiger partial charge in [-0.15, -0.1) is 12.4 Å². The lowest BCUT2D eigenvalue weighted by Crippen LogP contribution is -2.34. The molecule has 6 heteroatoms. The summed E-state index contributed by atoms with van der Waals surface area (Å²) in [4.78, 5) is 10.5. The van der Waals surface area contributed by atoms with E-state index in [-0.39, 0.29) is 12.4 Å². The van der Waals surface area contributed by atoms with Crippen molar-refractivity contribution < 1.29 is 4.74 Å². The first kappa shape index (κ1) is 15.0. The Morgan fingerprint density at radius 2 is 2.17 bits per heavy atom. The Morgan fingerprint density at radius 1 is 1.44 bits per heavy atom. The predicted molar refractivity (Wildman–Crippen MR) is 74.7 cm³/mol. The highest BCUT2D eigenvalue weighted by Crippen LogP contribution is 2.17. The molecule has 0 bridgehead atoms. The Morgan fingerprint density at radius 3 is 2.83 bits per heavy atom. The van der Waals surface area contributed by atoms with Crippen molar-refractivity contribution in [1.29, 1.82) is 0 Å². The number of nitrogens with one attached hydrogen (secondary N) is 1. The summed E-state index contributed by atoms with van der Waals surface area (Å²) in [6, 6.07) is 2.35. The van der Waals surface area contributed by atoms with Crippen LogP contribution in [0.1, 0.15) is 12.8 Å². The fourth-order valence-electron chi connectivity index (χ4n) is 2.19. The van der Waals surface area contributed by atoms with Gasteiger partial charge in [0.1, 0.15) is 5.82 Å². The van der Waals surface area contributed by atoms with Crippen molar-refractivity contribution in [3.8, 4) is 6.01 Å². The average molecular weight is 273 g/mol. The molecule has 0 saturated carbocycles. The van der Waals surface area contributed by atoms with Gasteiger partial charge >= 0.3 is 6.01 Å². The standard InChI is InChI=1S/C12H20N4O.ClH/c1-16(9-10-3-6-13-7-4-10)11-5-8-14-12(15-11)17-2;/h5,8,10,13H,3-4,6-7,9H2,1-2H3;1H. The van der Waals surface area contributed by atoms with Crippen LogP contribution in [0.25, 0.3) is 0 Å². The molecule has 1 saturated heterocycles. The van der Waals surface area contributed by atoms with E-state index in [1.165, 1.54) is 12.8 Å². The highest BCUT2D eigenvalue weighted by molar-refractivity contribution is 5.85. The van der Waals surface area contributed by atoms with Crippen molar-refractivity contribution in [3.63, 3.8) is 0 Å². The maximum Gasteiger partial charge on any atom is 0.318 e. The van der Waals surface area contributed by atoms with Crippen LogP contribution in [0.4, 0.5) is 5.82 Å². The first-order chi connectivity index (χ1) is 8.29. The fourth-order valence-corrected chi connectivity index (χ4v) is 2.19. The van der Waals surface area contributed by atoms with E-state index in [1.54, 1.807) is 13.3 Å². The second kappa shape index (κ2) is 7.38. The summed E-state index contributed by atoms with van der Waals surface area (Å²) >= 11 is 0. The maximum atomic E-state index is 5.04. The number of piperidine rings is 1. The SMILES string of the molecule is COc1nccc(N(C)CC2CCNCC2)n1.Cl. The number of aromatic nitrogens is 2. The molecule has 2 rings (SSSR count). The summed E-state index contributed by atoms with van der Waals surface area (Å²) < 4.78 is 5.04. The van der Waals surface area contributed by atoms with E-state index >= 15 is 0 Å². The van der Waals surface area contributed by atoms with Gasteiger partial charge in [-0.2, -0.15) is 4.98 Å². The fraction of sp³-hybridized carbons (Fsp3) is 0.667. The van der Waals surface area contributed by atoms with Crippen molar-refractivity contribution in [2.45, 2.75) is 12.8 Å². The highest BCUT2D eigenvalue weighted by Gasteiger charge is 2.16. The van der Waals surface area contributed by atoms with Crippen LogP contribution in [0, 0.1) is 5.92 Å². The summed E-state index contributed by atoms with van der Waals surface area (Å²) in [7, 11) is 3.66. The molecule has 0 amide bonds. The molecule has 1 aromatic heterocycles. The molecule has 1 fully saturated rings. The highest BCUT2D eigenvalue weighted by atomic mass is 35.5. The first-order valence-electron chi connectivity index (χ1n) is 6.08. The van der Waals surface area contributed by atoms with Gasteiger partial charge in [0.25, 0.3) is 0 Å². The Kier molecular flexibility index (Phi) is 6.15. The summed E-state index contributed by atoms with van der Waals surface area (Å²) in [6.07, 6.45) is 4.22. The predicted octanol–water partition coefficient (Wildman–Crippen LogP) is 1.34. The Hall–Kier alpha value is -1.07. The van der Waals surface area contributed by atoms with E-state index in [0.29, 0.717) is 6.01 Å². The average Bonchev–Trinajstić information content (AvgIpc) is 2.40. The molecular formula is C12H21ClN4O. The Balaban J connectivity index is 0.00000162.